The van der Waals surface area contributed by atoms with Gasteiger partial charge in [-0.2, -0.15) is 18.1 Å². The van der Waals surface area contributed by atoms with Gasteiger partial charge in [-0.05, 0) is 0 Å². The number of alkyl halides is 4. The number of piperazine rings is 1. The van der Waals surface area contributed by atoms with Crippen LogP contribution >= 0.6 is 11.6 Å². The van der Waals surface area contributed by atoms with E-state index in [1.807, 2.05) is 0 Å². The average molecular weight is 189 g/mol. The van der Waals surface area contributed by atoms with Crippen LogP contribution in [0.25, 0.3) is 0 Å². The van der Waals surface area contributed by atoms with E-state index < -0.39 is 11.8 Å². The normalized spacial score (nSPS) is 28.9. The lowest BCUT2D eigenvalue weighted by Crippen LogP contribution is -2.54. The largest absolute Gasteiger partial charge is 0.461 e. The van der Waals surface area contributed by atoms with Gasteiger partial charge >= 0.3 is 6.30 Å². The van der Waals surface area contributed by atoms with Crippen LogP contribution in [0.15, 0.2) is 0 Å². The zero-order valence-electron chi connectivity index (χ0n) is 5.66. The quantitative estimate of drug-likeness (QED) is 0.450. The molecule has 11 heavy (non-hydrogen) atoms. The van der Waals surface area contributed by atoms with E-state index in [1.54, 1.807) is 0 Å². The summed E-state index contributed by atoms with van der Waals surface area (Å²) < 4.78 is 36.0. The molecule has 1 N–H and O–H groups in total. The highest BCUT2D eigenvalue weighted by Gasteiger charge is 2.42. The van der Waals surface area contributed by atoms with Crippen LogP contribution in [0.4, 0.5) is 13.2 Å². The number of rotatable bonds is 0. The lowest BCUT2D eigenvalue weighted by molar-refractivity contribution is -0.252. The summed E-state index contributed by atoms with van der Waals surface area (Å²) in [7, 11) is 0. The molecular formula is C5H8ClF3N2. The van der Waals surface area contributed by atoms with Crippen LogP contribution in [0.1, 0.15) is 0 Å². The van der Waals surface area contributed by atoms with Gasteiger partial charge in [0.1, 0.15) is 5.50 Å². The third-order valence-corrected chi connectivity index (χ3v) is 1.90. The summed E-state index contributed by atoms with van der Waals surface area (Å²) in [5, 5.41) is 2.76. The molecule has 1 rings (SSSR count). The van der Waals surface area contributed by atoms with E-state index >= 15 is 0 Å². The van der Waals surface area contributed by atoms with Crippen molar-refractivity contribution in [3.63, 3.8) is 0 Å². The lowest BCUT2D eigenvalue weighted by atomic mass is 10.4. The maximum Gasteiger partial charge on any atom is 0.461 e. The van der Waals surface area contributed by atoms with Gasteiger partial charge in [0.05, 0.1) is 0 Å². The molecule has 0 aromatic heterocycles. The Labute approximate surface area is 67.3 Å². The molecule has 0 radical (unpaired) electrons. The van der Waals surface area contributed by atoms with Crippen molar-refractivity contribution in [2.24, 2.45) is 0 Å². The van der Waals surface area contributed by atoms with Crippen molar-refractivity contribution in [3.05, 3.63) is 0 Å². The molecule has 1 atom stereocenters. The minimum Gasteiger partial charge on any atom is -0.313 e. The number of nitrogens with one attached hydrogen (secondary N) is 1. The second-order valence-electron chi connectivity index (χ2n) is 2.30. The van der Waals surface area contributed by atoms with Crippen molar-refractivity contribution in [1.29, 1.82) is 0 Å². The topological polar surface area (TPSA) is 15.3 Å². The van der Waals surface area contributed by atoms with Gasteiger partial charge in [0, 0.05) is 19.6 Å². The molecule has 0 saturated carbocycles. The monoisotopic (exact) mass is 188 g/mol. The molecule has 1 unspecified atom stereocenters. The minimum absolute atomic E-state index is 0.0718. The van der Waals surface area contributed by atoms with Gasteiger partial charge in [-0.15, -0.1) is 11.6 Å². The van der Waals surface area contributed by atoms with Gasteiger partial charge in [-0.25, -0.2) is 0 Å². The van der Waals surface area contributed by atoms with Crippen molar-refractivity contribution in [3.8, 4) is 0 Å². The van der Waals surface area contributed by atoms with Crippen molar-refractivity contribution in [1.82, 2.24) is 10.2 Å². The minimum atomic E-state index is -4.30. The van der Waals surface area contributed by atoms with E-state index in [2.05, 4.69) is 5.32 Å². The highest BCUT2D eigenvalue weighted by molar-refractivity contribution is 6.20. The first kappa shape index (κ1) is 9.09. The Kier molecular flexibility index (Phi) is 2.61. The molecular weight excluding hydrogens is 181 g/mol. The summed E-state index contributed by atoms with van der Waals surface area (Å²) in [6.07, 6.45) is -4.30. The highest BCUT2D eigenvalue weighted by atomic mass is 35.5. The first-order valence-electron chi connectivity index (χ1n) is 3.20. The van der Waals surface area contributed by atoms with Crippen LogP contribution in [0.3, 0.4) is 0 Å². The Morgan fingerprint density at radius 1 is 1.45 bits per heavy atom. The van der Waals surface area contributed by atoms with Crippen LogP contribution in [0.5, 0.6) is 0 Å². The Bertz CT molecular complexity index is 138. The van der Waals surface area contributed by atoms with Gasteiger partial charge in [0.2, 0.25) is 0 Å². The second kappa shape index (κ2) is 3.16. The summed E-state index contributed by atoms with van der Waals surface area (Å²) in [5.41, 5.74) is -0.969. The zero-order valence-corrected chi connectivity index (χ0v) is 6.41. The van der Waals surface area contributed by atoms with Gasteiger partial charge in [0.25, 0.3) is 0 Å². The van der Waals surface area contributed by atoms with Crippen molar-refractivity contribution >= 4 is 11.6 Å². The van der Waals surface area contributed by atoms with Crippen LogP contribution < -0.4 is 5.32 Å². The van der Waals surface area contributed by atoms with Gasteiger partial charge < -0.3 is 5.32 Å². The molecule has 1 heterocycles. The fourth-order valence-corrected chi connectivity index (χ4v) is 1.27. The SMILES string of the molecule is FC(F)(F)N1CCNCC1Cl. The highest BCUT2D eigenvalue weighted by Crippen LogP contribution is 2.25. The molecule has 1 saturated heterocycles. The van der Waals surface area contributed by atoms with Crippen molar-refractivity contribution in [2.45, 2.75) is 11.8 Å². The van der Waals surface area contributed by atoms with E-state index in [9.17, 15) is 13.2 Å². The summed E-state index contributed by atoms with van der Waals surface area (Å²) >= 11 is 5.41. The van der Waals surface area contributed by atoms with Crippen LogP contribution in [-0.4, -0.2) is 36.3 Å². The van der Waals surface area contributed by atoms with Crippen LogP contribution in [0, 0.1) is 0 Å². The Balaban J connectivity index is 2.55. The molecule has 1 aliphatic heterocycles. The predicted molar refractivity (Wildman–Crippen MR) is 35.3 cm³/mol. The lowest BCUT2D eigenvalue weighted by Gasteiger charge is -2.33. The molecule has 0 bridgehead atoms. The van der Waals surface area contributed by atoms with Gasteiger partial charge in [0.15, 0.2) is 0 Å². The predicted octanol–water partition coefficient (Wildman–Crippen LogP) is 0.976. The average Bonchev–Trinajstić information content (AvgIpc) is 1.86. The number of nitrogens with zero attached hydrogens (tertiary/aromatic N) is 1. The molecule has 2 nitrogen and oxygen atoms in total. The Hall–Kier alpha value is 0. The number of hydrogen-bond acceptors (Lipinski definition) is 2. The summed E-state index contributed by atoms with van der Waals surface area (Å²) in [4.78, 5) is 0.324. The molecule has 1 aliphatic rings. The van der Waals surface area contributed by atoms with Crippen LogP contribution in [0.2, 0.25) is 0 Å². The van der Waals surface area contributed by atoms with E-state index in [0.717, 1.165) is 0 Å². The van der Waals surface area contributed by atoms with Gasteiger partial charge in [-0.3, -0.25) is 0 Å². The molecule has 1 fully saturated rings. The standard InChI is InChI=1S/C5H8ClF3N2/c6-4-3-10-1-2-11(4)5(7,8)9/h4,10H,1-3H2. The molecule has 6 heteroatoms. The molecule has 0 amide bonds. The third-order valence-electron chi connectivity index (χ3n) is 1.51. The summed E-state index contributed by atoms with van der Waals surface area (Å²) in [6, 6.07) is 0. The van der Waals surface area contributed by atoms with E-state index in [-0.39, 0.29) is 13.1 Å². The molecule has 0 aliphatic carbocycles. The van der Waals surface area contributed by atoms with Crippen molar-refractivity contribution < 1.29 is 13.2 Å². The number of hydrogen-bond donors (Lipinski definition) is 1. The van der Waals surface area contributed by atoms with Crippen LogP contribution in [-0.2, 0) is 0 Å². The number of halogens is 4. The first-order chi connectivity index (χ1) is 5.02. The molecule has 0 aromatic rings. The second-order valence-corrected chi connectivity index (χ2v) is 2.80. The summed E-state index contributed by atoms with van der Waals surface area (Å²) in [6.45, 7) is 0.446. The Morgan fingerprint density at radius 2 is 2.09 bits per heavy atom. The van der Waals surface area contributed by atoms with E-state index in [1.165, 1.54) is 0 Å². The third kappa shape index (κ3) is 2.21. The fourth-order valence-electron chi connectivity index (χ4n) is 0.957. The fraction of sp³-hybridized carbons (Fsp3) is 1.00. The van der Waals surface area contributed by atoms with Gasteiger partial charge in [-0.1, -0.05) is 0 Å². The Morgan fingerprint density at radius 3 is 2.45 bits per heavy atom. The van der Waals surface area contributed by atoms with Crippen molar-refractivity contribution in [2.75, 3.05) is 19.6 Å². The zero-order chi connectivity index (χ0) is 8.48. The smallest absolute Gasteiger partial charge is 0.313 e. The maximum absolute atomic E-state index is 12.0. The molecule has 0 spiro atoms. The molecule has 66 valence electrons. The molecule has 0 aromatic carbocycles. The maximum atomic E-state index is 12.0. The van der Waals surface area contributed by atoms with E-state index in [4.69, 9.17) is 11.6 Å². The van der Waals surface area contributed by atoms with E-state index in [0.29, 0.717) is 11.4 Å². The first-order valence-corrected chi connectivity index (χ1v) is 3.63. The summed E-state index contributed by atoms with van der Waals surface area (Å²) in [5.74, 6) is 0.